The van der Waals surface area contributed by atoms with E-state index in [-0.39, 0.29) is 17.3 Å². The largest absolute Gasteiger partial charge is 0.354 e. The van der Waals surface area contributed by atoms with Crippen molar-refractivity contribution in [2.45, 2.75) is 58.0 Å². The number of sulfonamides is 1. The topological polar surface area (TPSA) is 86.8 Å². The Hall–Kier alpha value is -3.36. The van der Waals surface area contributed by atoms with Crippen LogP contribution < -0.4 is 9.62 Å². The van der Waals surface area contributed by atoms with Crippen molar-refractivity contribution in [1.82, 2.24) is 10.2 Å². The van der Waals surface area contributed by atoms with Crippen LogP contribution in [0.1, 0.15) is 43.4 Å². The summed E-state index contributed by atoms with van der Waals surface area (Å²) in [6.07, 6.45) is 1.74. The van der Waals surface area contributed by atoms with Gasteiger partial charge in [-0.3, -0.25) is 13.9 Å². The number of hydrogen-bond donors (Lipinski definition) is 1. The number of amides is 2. The summed E-state index contributed by atoms with van der Waals surface area (Å²) in [4.78, 5) is 28.4. The number of carbonyl (C=O) groups is 2. The van der Waals surface area contributed by atoms with E-state index in [1.165, 1.54) is 17.0 Å². The molecule has 0 spiro atoms. The lowest BCUT2D eigenvalue weighted by molar-refractivity contribution is -0.139. The first kappa shape index (κ1) is 30.2. The zero-order valence-corrected chi connectivity index (χ0v) is 24.4. The van der Waals surface area contributed by atoms with Gasteiger partial charge in [0.25, 0.3) is 10.0 Å². The molecule has 0 bridgehead atoms. The van der Waals surface area contributed by atoms with Crippen LogP contribution in [-0.2, 0) is 26.2 Å². The summed E-state index contributed by atoms with van der Waals surface area (Å²) in [6.45, 7) is 7.56. The quantitative estimate of drug-likeness (QED) is 0.292. The summed E-state index contributed by atoms with van der Waals surface area (Å²) in [6, 6.07) is 19.6. The van der Waals surface area contributed by atoms with E-state index in [1.54, 1.807) is 61.5 Å². The zero-order chi connectivity index (χ0) is 28.6. The van der Waals surface area contributed by atoms with Crippen LogP contribution in [0.2, 0.25) is 5.02 Å². The van der Waals surface area contributed by atoms with E-state index in [9.17, 15) is 18.0 Å². The number of rotatable bonds is 12. The number of hydrogen-bond acceptors (Lipinski definition) is 4. The molecule has 1 atom stereocenters. The molecule has 0 saturated carbocycles. The lowest BCUT2D eigenvalue weighted by atomic mass is 10.1. The molecule has 9 heteroatoms. The molecule has 0 radical (unpaired) electrons. The second-order valence-corrected chi connectivity index (χ2v) is 11.9. The van der Waals surface area contributed by atoms with E-state index >= 15 is 0 Å². The fraction of sp³-hybridized carbons (Fsp3) is 0.333. The fourth-order valence-electron chi connectivity index (χ4n) is 4.03. The van der Waals surface area contributed by atoms with Gasteiger partial charge in [-0.2, -0.15) is 0 Å². The number of aryl methyl sites for hydroxylation is 2. The summed E-state index contributed by atoms with van der Waals surface area (Å²) in [5.41, 5.74) is 2.96. The van der Waals surface area contributed by atoms with Gasteiger partial charge in [-0.15, -0.1) is 0 Å². The van der Waals surface area contributed by atoms with Crippen molar-refractivity contribution in [3.05, 3.63) is 94.5 Å². The number of anilines is 1. The van der Waals surface area contributed by atoms with Gasteiger partial charge in [-0.1, -0.05) is 72.5 Å². The van der Waals surface area contributed by atoms with Crippen LogP contribution in [-0.4, -0.2) is 44.3 Å². The summed E-state index contributed by atoms with van der Waals surface area (Å²) in [7, 11) is -4.09. The molecule has 39 heavy (non-hydrogen) atoms. The Bertz CT molecular complexity index is 1380. The molecule has 0 aliphatic heterocycles. The van der Waals surface area contributed by atoms with E-state index in [1.807, 2.05) is 26.8 Å². The van der Waals surface area contributed by atoms with Gasteiger partial charge in [0, 0.05) is 18.1 Å². The Morgan fingerprint density at radius 1 is 0.949 bits per heavy atom. The second kappa shape index (κ2) is 13.6. The van der Waals surface area contributed by atoms with Gasteiger partial charge in [0.15, 0.2) is 0 Å². The van der Waals surface area contributed by atoms with Crippen LogP contribution in [0.3, 0.4) is 0 Å². The van der Waals surface area contributed by atoms with Crippen LogP contribution in [0.5, 0.6) is 0 Å². The average Bonchev–Trinajstić information content (AvgIpc) is 2.90. The molecule has 3 rings (SSSR count). The van der Waals surface area contributed by atoms with E-state index < -0.39 is 28.5 Å². The van der Waals surface area contributed by atoms with Gasteiger partial charge in [0.05, 0.1) is 10.6 Å². The zero-order valence-electron chi connectivity index (χ0n) is 22.9. The smallest absolute Gasteiger partial charge is 0.264 e. The van der Waals surface area contributed by atoms with Crippen LogP contribution in [0.4, 0.5) is 5.69 Å². The van der Waals surface area contributed by atoms with E-state index in [0.717, 1.165) is 33.8 Å². The van der Waals surface area contributed by atoms with Crippen LogP contribution in [0, 0.1) is 13.8 Å². The third-order valence-corrected chi connectivity index (χ3v) is 8.47. The third-order valence-electron chi connectivity index (χ3n) is 6.45. The summed E-state index contributed by atoms with van der Waals surface area (Å²) in [5, 5.41) is 3.38. The molecule has 0 saturated heterocycles. The van der Waals surface area contributed by atoms with Gasteiger partial charge in [0.1, 0.15) is 12.6 Å². The lowest BCUT2D eigenvalue weighted by Crippen LogP contribution is -2.51. The van der Waals surface area contributed by atoms with Gasteiger partial charge >= 0.3 is 0 Å². The number of nitrogens with one attached hydrogen (secondary N) is 1. The molecule has 1 N–H and O–H groups in total. The molecule has 1 unspecified atom stereocenters. The van der Waals surface area contributed by atoms with Gasteiger partial charge < -0.3 is 10.2 Å². The van der Waals surface area contributed by atoms with Gasteiger partial charge in [0.2, 0.25) is 11.8 Å². The molecule has 0 aromatic heterocycles. The molecular weight excluding hydrogens is 534 g/mol. The fourth-order valence-corrected chi connectivity index (χ4v) is 5.65. The Morgan fingerprint density at radius 2 is 1.56 bits per heavy atom. The van der Waals surface area contributed by atoms with Crippen molar-refractivity contribution >= 4 is 39.1 Å². The van der Waals surface area contributed by atoms with E-state index in [4.69, 9.17) is 11.6 Å². The highest BCUT2D eigenvalue weighted by Gasteiger charge is 2.32. The number of carbonyl (C=O) groups excluding carboxylic acids is 2. The second-order valence-electron chi connectivity index (χ2n) is 9.63. The van der Waals surface area contributed by atoms with Crippen LogP contribution in [0.15, 0.2) is 77.7 Å². The normalized spacial score (nSPS) is 12.0. The predicted molar refractivity (Wildman–Crippen MR) is 156 cm³/mol. The summed E-state index contributed by atoms with van der Waals surface area (Å²) in [5.74, 6) is -0.813. The standard InChI is InChI=1S/C30H36ClN3O4S/c1-5-6-18-32-30(36)24(4)33(20-25-8-7-9-26(31)19-25)29(35)21-34(27-14-10-22(2)11-15-27)39(37,38)28-16-12-23(3)13-17-28/h7-17,19,24H,5-6,18,20-21H2,1-4H3,(H,32,36). The summed E-state index contributed by atoms with van der Waals surface area (Å²) < 4.78 is 28.8. The first-order chi connectivity index (χ1) is 18.5. The van der Waals surface area contributed by atoms with Crippen LogP contribution >= 0.6 is 11.6 Å². The maximum atomic E-state index is 13.9. The van der Waals surface area contributed by atoms with Crippen molar-refractivity contribution in [1.29, 1.82) is 0 Å². The molecule has 0 heterocycles. The predicted octanol–water partition coefficient (Wildman–Crippen LogP) is 5.49. The minimum absolute atomic E-state index is 0.0771. The molecule has 0 aliphatic rings. The molecule has 2 amide bonds. The van der Waals surface area contributed by atoms with Crippen molar-refractivity contribution in [2.75, 3.05) is 17.4 Å². The van der Waals surface area contributed by atoms with E-state index in [2.05, 4.69) is 5.32 Å². The number of benzene rings is 3. The molecule has 3 aromatic carbocycles. The molecule has 0 fully saturated rings. The Balaban J connectivity index is 1.99. The van der Waals surface area contributed by atoms with Crippen molar-refractivity contribution in [2.24, 2.45) is 0 Å². The SMILES string of the molecule is CCCCNC(=O)C(C)N(Cc1cccc(Cl)c1)C(=O)CN(c1ccc(C)cc1)S(=O)(=O)c1ccc(C)cc1. The number of unbranched alkanes of at least 4 members (excludes halogenated alkanes) is 1. The molecule has 208 valence electrons. The van der Waals surface area contributed by atoms with Gasteiger partial charge in [-0.25, -0.2) is 8.42 Å². The Morgan fingerprint density at radius 3 is 2.15 bits per heavy atom. The highest BCUT2D eigenvalue weighted by Crippen LogP contribution is 2.25. The first-order valence-electron chi connectivity index (χ1n) is 13.0. The Kier molecular flexibility index (Phi) is 10.5. The minimum Gasteiger partial charge on any atom is -0.354 e. The molecule has 0 aliphatic carbocycles. The van der Waals surface area contributed by atoms with E-state index in [0.29, 0.717) is 17.3 Å². The molecule has 3 aromatic rings. The van der Waals surface area contributed by atoms with Gasteiger partial charge in [-0.05, 0) is 69.2 Å². The Labute approximate surface area is 236 Å². The molecule has 7 nitrogen and oxygen atoms in total. The number of nitrogens with zero attached hydrogens (tertiary/aromatic N) is 2. The molecular formula is C30H36ClN3O4S. The maximum Gasteiger partial charge on any atom is 0.264 e. The van der Waals surface area contributed by atoms with Crippen molar-refractivity contribution in [3.8, 4) is 0 Å². The highest BCUT2D eigenvalue weighted by atomic mass is 35.5. The van der Waals surface area contributed by atoms with Crippen molar-refractivity contribution < 1.29 is 18.0 Å². The average molecular weight is 570 g/mol. The van der Waals surface area contributed by atoms with Crippen molar-refractivity contribution in [3.63, 3.8) is 0 Å². The first-order valence-corrected chi connectivity index (χ1v) is 14.8. The minimum atomic E-state index is -4.09. The summed E-state index contributed by atoms with van der Waals surface area (Å²) >= 11 is 6.18. The third kappa shape index (κ3) is 8.07. The number of halogens is 1. The lowest BCUT2D eigenvalue weighted by Gasteiger charge is -2.32. The highest BCUT2D eigenvalue weighted by molar-refractivity contribution is 7.92. The monoisotopic (exact) mass is 569 g/mol. The van der Waals surface area contributed by atoms with Crippen LogP contribution in [0.25, 0.3) is 0 Å². The maximum absolute atomic E-state index is 13.9.